The first-order valence-electron chi connectivity index (χ1n) is 23.0. The fraction of sp³-hybridized carbons (Fsp3) is 0.143. The summed E-state index contributed by atoms with van der Waals surface area (Å²) in [5, 5.41) is 13.1. The van der Waals surface area contributed by atoms with Gasteiger partial charge in [-0.1, -0.05) is 218 Å². The van der Waals surface area contributed by atoms with E-state index in [0.29, 0.717) is 0 Å². The molecule has 0 heterocycles. The van der Waals surface area contributed by atoms with Crippen molar-refractivity contribution in [1.82, 2.24) is 0 Å². The Hall–Kier alpha value is -5.21. The molecule has 1 radical (unpaired) electrons. The van der Waals surface area contributed by atoms with Gasteiger partial charge in [0.2, 0.25) is 0 Å². The second-order valence-corrected chi connectivity index (χ2v) is 23.4. The summed E-state index contributed by atoms with van der Waals surface area (Å²) in [6.45, 7) is 20.0. The Kier molecular flexibility index (Phi) is 18.9. The monoisotopic (exact) mass is 975 g/mol. The van der Waals surface area contributed by atoms with E-state index in [1.807, 2.05) is 0 Å². The Balaban J connectivity index is 0.000000165. The van der Waals surface area contributed by atoms with Crippen LogP contribution in [0.2, 0.25) is 0 Å². The van der Waals surface area contributed by atoms with Crippen LogP contribution in [0.15, 0.2) is 218 Å². The predicted octanol–water partition coefficient (Wildman–Crippen LogP) is 13.1. The van der Waals surface area contributed by atoms with E-state index in [-0.39, 0.29) is 17.1 Å². The van der Waals surface area contributed by atoms with Crippen LogP contribution in [-0.2, 0) is 17.1 Å². The molecule has 0 bridgehead atoms. The normalized spacial score (nSPS) is 10.7. The Morgan fingerprint density at radius 3 is 0.343 bits per heavy atom. The van der Waals surface area contributed by atoms with Crippen LogP contribution >= 0.6 is 23.8 Å². The summed E-state index contributed by atoms with van der Waals surface area (Å²) >= 11 is 0. The third-order valence-electron chi connectivity index (χ3n) is 12.2. The molecule has 0 aliphatic heterocycles. The van der Waals surface area contributed by atoms with Crippen LogP contribution < -0.4 is 47.7 Å². The minimum absolute atomic E-state index is 0. The van der Waals surface area contributed by atoms with Crippen LogP contribution in [0.3, 0.4) is 0 Å². The maximum absolute atomic E-state index is 2.29. The molecule has 9 aromatic carbocycles. The summed E-state index contributed by atoms with van der Waals surface area (Å²) in [4.78, 5) is 0. The fourth-order valence-electron chi connectivity index (χ4n) is 8.50. The zero-order chi connectivity index (χ0) is 46.6. The van der Waals surface area contributed by atoms with E-state index in [0.717, 1.165) is 0 Å². The van der Waals surface area contributed by atoms with Crippen molar-refractivity contribution in [1.29, 1.82) is 0 Å². The number of benzene rings is 9. The second kappa shape index (κ2) is 24.7. The van der Waals surface area contributed by atoms with Crippen LogP contribution in [-0.4, -0.2) is 0 Å². The van der Waals surface area contributed by atoms with E-state index < -0.39 is 23.8 Å². The van der Waals surface area contributed by atoms with Crippen molar-refractivity contribution < 1.29 is 17.1 Å². The molecule has 0 spiro atoms. The molecule has 0 amide bonds. The average molecular weight is 977 g/mol. The van der Waals surface area contributed by atoms with Gasteiger partial charge < -0.3 is 0 Å². The molecule has 9 aromatic rings. The Bertz CT molecular complexity index is 2380. The van der Waals surface area contributed by atoms with Crippen molar-refractivity contribution in [2.24, 2.45) is 0 Å². The third-order valence-corrected chi connectivity index (χ3v) is 21.1. The molecule has 341 valence electrons. The Morgan fingerprint density at radius 2 is 0.254 bits per heavy atom. The maximum Gasteiger partial charge on any atom is 0 e. The van der Waals surface area contributed by atoms with Crippen molar-refractivity contribution >= 4 is 71.5 Å². The molecule has 0 saturated carbocycles. The van der Waals surface area contributed by atoms with Crippen LogP contribution in [0, 0.1) is 62.3 Å². The molecule has 0 atom stereocenters. The predicted molar refractivity (Wildman–Crippen MR) is 298 cm³/mol. The van der Waals surface area contributed by atoms with Gasteiger partial charge in [0.15, 0.2) is 0 Å². The number of hydrogen-bond acceptors (Lipinski definition) is 0. The Morgan fingerprint density at radius 1 is 0.164 bits per heavy atom. The molecular formula is C63H63CuP3. The molecule has 0 N–H and O–H groups in total. The van der Waals surface area contributed by atoms with Crippen molar-refractivity contribution in [3.05, 3.63) is 268 Å². The molecule has 0 aromatic heterocycles. The topological polar surface area (TPSA) is 0 Å². The van der Waals surface area contributed by atoms with Gasteiger partial charge >= 0.3 is 0 Å². The van der Waals surface area contributed by atoms with E-state index in [2.05, 4.69) is 281 Å². The van der Waals surface area contributed by atoms with Crippen LogP contribution in [0.1, 0.15) is 50.1 Å². The van der Waals surface area contributed by atoms with E-state index in [9.17, 15) is 0 Å². The smallest absolute Gasteiger partial charge is 0 e. The summed E-state index contributed by atoms with van der Waals surface area (Å²) < 4.78 is 0. The third kappa shape index (κ3) is 12.5. The molecular weight excluding hydrogens is 913 g/mol. The summed E-state index contributed by atoms with van der Waals surface area (Å²) in [6.07, 6.45) is 0. The number of rotatable bonds is 9. The largest absolute Gasteiger partial charge is 0.0620 e. The maximum atomic E-state index is 2.29. The van der Waals surface area contributed by atoms with Gasteiger partial charge in [0.25, 0.3) is 0 Å². The van der Waals surface area contributed by atoms with E-state index in [1.54, 1.807) is 0 Å². The van der Waals surface area contributed by atoms with Gasteiger partial charge in [-0.2, -0.15) is 0 Å². The molecule has 67 heavy (non-hydrogen) atoms. The molecule has 0 aliphatic carbocycles. The van der Waals surface area contributed by atoms with Crippen molar-refractivity contribution in [2.75, 3.05) is 0 Å². The van der Waals surface area contributed by atoms with Crippen molar-refractivity contribution in [3.8, 4) is 0 Å². The summed E-state index contributed by atoms with van der Waals surface area (Å²) in [5.74, 6) is 0. The Labute approximate surface area is 416 Å². The molecule has 0 aliphatic rings. The van der Waals surface area contributed by atoms with Gasteiger partial charge in [-0.05, 0) is 184 Å². The van der Waals surface area contributed by atoms with Gasteiger partial charge in [-0.15, -0.1) is 0 Å². The zero-order valence-electron chi connectivity index (χ0n) is 40.4. The van der Waals surface area contributed by atoms with E-state index >= 15 is 0 Å². The van der Waals surface area contributed by atoms with Crippen LogP contribution in [0.4, 0.5) is 0 Å². The molecule has 0 nitrogen and oxygen atoms in total. The van der Waals surface area contributed by atoms with Crippen molar-refractivity contribution in [2.45, 2.75) is 62.3 Å². The van der Waals surface area contributed by atoms with Crippen LogP contribution in [0.5, 0.6) is 0 Å². The quantitative estimate of drug-likeness (QED) is 0.0999. The van der Waals surface area contributed by atoms with Gasteiger partial charge in [0.05, 0.1) is 0 Å². The molecule has 4 heteroatoms. The minimum Gasteiger partial charge on any atom is -0.0620 e. The fourth-order valence-corrected chi connectivity index (χ4v) is 16.8. The first-order chi connectivity index (χ1) is 32.0. The van der Waals surface area contributed by atoms with Crippen LogP contribution in [0.25, 0.3) is 0 Å². The molecule has 0 fully saturated rings. The minimum atomic E-state index is -0.508. The standard InChI is InChI=1S/3C21H21P.Cu/c3*1-16-10-4-7-13-19(16)22(20-14-8-5-11-17(20)2)21-15-9-6-12-18(21)3;/h3*4-15H,1-3H3;. The van der Waals surface area contributed by atoms with E-state index in [1.165, 1.54) is 97.8 Å². The number of aryl methyl sites for hydroxylation is 9. The summed E-state index contributed by atoms with van der Waals surface area (Å²) in [7, 11) is -1.53. The number of hydrogen-bond donors (Lipinski definition) is 0. The van der Waals surface area contributed by atoms with E-state index in [4.69, 9.17) is 0 Å². The second-order valence-electron chi connectivity index (χ2n) is 17.1. The molecule has 0 unspecified atom stereocenters. The zero-order valence-corrected chi connectivity index (χ0v) is 44.1. The molecule has 9 rings (SSSR count). The first-order valence-corrected chi connectivity index (χ1v) is 27.0. The van der Waals surface area contributed by atoms with Gasteiger partial charge in [-0.3, -0.25) is 0 Å². The molecule has 0 saturated heterocycles. The SMILES string of the molecule is Cc1ccccc1P(c1ccccc1C)c1ccccc1C.Cc1ccccc1P(c1ccccc1C)c1ccccc1C.Cc1ccccc1P(c1ccccc1C)c1ccccc1C.[Cu]. The van der Waals surface area contributed by atoms with Gasteiger partial charge in [-0.25, -0.2) is 0 Å². The first kappa shape index (κ1) is 51.2. The average Bonchev–Trinajstić information content (AvgIpc) is 3.32. The van der Waals surface area contributed by atoms with Gasteiger partial charge in [0, 0.05) is 17.1 Å². The summed E-state index contributed by atoms with van der Waals surface area (Å²) in [5.41, 5.74) is 12.4. The summed E-state index contributed by atoms with van der Waals surface area (Å²) in [6, 6.07) is 79.2. The van der Waals surface area contributed by atoms with Gasteiger partial charge in [0.1, 0.15) is 0 Å². The van der Waals surface area contributed by atoms with Crippen molar-refractivity contribution in [3.63, 3.8) is 0 Å².